The highest BCUT2D eigenvalue weighted by atomic mass is 35.5. The maximum atomic E-state index is 5.99. The molecule has 0 bridgehead atoms. The maximum Gasteiger partial charge on any atom is 0.0453 e. The summed E-state index contributed by atoms with van der Waals surface area (Å²) < 4.78 is 0. The molecule has 1 rings (SSSR count). The zero-order chi connectivity index (χ0) is 12.7. The minimum absolute atomic E-state index is 0.146. The van der Waals surface area contributed by atoms with Crippen molar-refractivity contribution in [1.29, 1.82) is 0 Å². The van der Waals surface area contributed by atoms with Crippen LogP contribution >= 0.6 is 23.2 Å². The Morgan fingerprint density at radius 2 is 1.53 bits per heavy atom. The molecule has 0 atom stereocenters. The van der Waals surface area contributed by atoms with E-state index in [4.69, 9.17) is 23.2 Å². The molecule has 3 heteroatoms. The summed E-state index contributed by atoms with van der Waals surface area (Å²) in [5.74, 6) is 1.08. The Morgan fingerprint density at radius 3 is 1.94 bits per heavy atom. The van der Waals surface area contributed by atoms with Crippen LogP contribution in [0.1, 0.15) is 31.4 Å². The Morgan fingerprint density at radius 1 is 1.00 bits per heavy atom. The Hall–Kier alpha value is -0.240. The zero-order valence-electron chi connectivity index (χ0n) is 10.6. The van der Waals surface area contributed by atoms with Gasteiger partial charge in [-0.1, -0.05) is 38.1 Å². The summed E-state index contributed by atoms with van der Waals surface area (Å²) in [6.45, 7) is 5.09. The van der Waals surface area contributed by atoms with Crippen LogP contribution in [0.15, 0.2) is 24.3 Å². The van der Waals surface area contributed by atoms with E-state index in [1.807, 2.05) is 0 Å². The second kappa shape index (κ2) is 7.25. The molecule has 0 heterocycles. The molecular weight excluding hydrogens is 253 g/mol. The molecule has 0 unspecified atom stereocenters. The third-order valence-corrected chi connectivity index (χ3v) is 4.31. The van der Waals surface area contributed by atoms with E-state index in [1.165, 1.54) is 11.1 Å². The number of hydrogen-bond acceptors (Lipinski definition) is 1. The second-order valence-electron chi connectivity index (χ2n) is 4.42. The molecule has 0 radical (unpaired) electrons. The summed E-state index contributed by atoms with van der Waals surface area (Å²) in [7, 11) is 0. The van der Waals surface area contributed by atoms with E-state index < -0.39 is 0 Å². The molecule has 0 saturated carbocycles. The molecule has 0 saturated heterocycles. The Bertz CT molecular complexity index is 309. The van der Waals surface area contributed by atoms with Crippen molar-refractivity contribution in [3.05, 3.63) is 35.4 Å². The third-order valence-electron chi connectivity index (χ3n) is 3.29. The zero-order valence-corrected chi connectivity index (χ0v) is 12.1. The number of halogens is 2. The van der Waals surface area contributed by atoms with E-state index in [2.05, 4.69) is 43.4 Å². The number of rotatable bonds is 7. The summed E-state index contributed by atoms with van der Waals surface area (Å²) in [4.78, 5) is 0. The molecule has 0 aromatic heterocycles. The minimum Gasteiger partial charge on any atom is -0.305 e. The molecule has 0 aliphatic heterocycles. The van der Waals surface area contributed by atoms with Gasteiger partial charge in [-0.05, 0) is 24.0 Å². The molecule has 0 fully saturated rings. The Balaban J connectivity index is 2.59. The van der Waals surface area contributed by atoms with Crippen LogP contribution in [0.25, 0.3) is 0 Å². The fourth-order valence-corrected chi connectivity index (χ4v) is 2.48. The van der Waals surface area contributed by atoms with E-state index in [9.17, 15) is 0 Å². The average molecular weight is 274 g/mol. The molecule has 1 aromatic carbocycles. The molecule has 1 nitrogen and oxygen atoms in total. The predicted molar refractivity (Wildman–Crippen MR) is 77.1 cm³/mol. The lowest BCUT2D eigenvalue weighted by Crippen LogP contribution is -2.47. The predicted octanol–water partition coefficient (Wildman–Crippen LogP) is 3.97. The molecule has 96 valence electrons. The molecule has 17 heavy (non-hydrogen) atoms. The normalized spacial score (nSPS) is 11.8. The van der Waals surface area contributed by atoms with Gasteiger partial charge >= 0.3 is 0 Å². The Labute approximate surface area is 115 Å². The topological polar surface area (TPSA) is 12.0 Å². The van der Waals surface area contributed by atoms with Crippen molar-refractivity contribution in [3.63, 3.8) is 0 Å². The summed E-state index contributed by atoms with van der Waals surface area (Å²) in [5.41, 5.74) is 2.49. The summed E-state index contributed by atoms with van der Waals surface area (Å²) in [5, 5.41) is 3.47. The van der Waals surface area contributed by atoms with Crippen molar-refractivity contribution >= 4 is 23.2 Å². The minimum atomic E-state index is -0.146. The van der Waals surface area contributed by atoms with Gasteiger partial charge in [-0.3, -0.25) is 0 Å². The van der Waals surface area contributed by atoms with Crippen molar-refractivity contribution in [1.82, 2.24) is 5.32 Å². The van der Waals surface area contributed by atoms with Crippen LogP contribution in [0.5, 0.6) is 0 Å². The molecule has 0 aliphatic rings. The second-order valence-corrected chi connectivity index (χ2v) is 4.96. The first kappa shape index (κ1) is 14.8. The van der Waals surface area contributed by atoms with Gasteiger partial charge in [0, 0.05) is 23.8 Å². The van der Waals surface area contributed by atoms with Gasteiger partial charge in [0.15, 0.2) is 0 Å². The molecule has 1 N–H and O–H groups in total. The Kier molecular flexibility index (Phi) is 6.32. The third kappa shape index (κ3) is 4.17. The first-order valence-corrected chi connectivity index (χ1v) is 7.21. The van der Waals surface area contributed by atoms with Crippen molar-refractivity contribution in [2.45, 2.75) is 38.8 Å². The van der Waals surface area contributed by atoms with E-state index in [0.717, 1.165) is 19.4 Å². The van der Waals surface area contributed by atoms with E-state index in [-0.39, 0.29) is 5.54 Å². The molecular formula is C14H21Cl2N. The number of nitrogens with one attached hydrogen (secondary N) is 1. The fourth-order valence-electron chi connectivity index (χ4n) is 1.63. The van der Waals surface area contributed by atoms with Crippen LogP contribution in [0, 0.1) is 0 Å². The van der Waals surface area contributed by atoms with Crippen molar-refractivity contribution in [2.75, 3.05) is 11.8 Å². The highest BCUT2D eigenvalue weighted by Gasteiger charge is 2.25. The van der Waals surface area contributed by atoms with E-state index >= 15 is 0 Å². The highest BCUT2D eigenvalue weighted by Crippen LogP contribution is 2.16. The largest absolute Gasteiger partial charge is 0.305 e. The van der Waals surface area contributed by atoms with Crippen LogP contribution < -0.4 is 5.32 Å². The highest BCUT2D eigenvalue weighted by molar-refractivity contribution is 6.22. The quantitative estimate of drug-likeness (QED) is 0.742. The molecule has 0 amide bonds. The first-order chi connectivity index (χ1) is 8.19. The van der Waals surface area contributed by atoms with Gasteiger partial charge in [0.25, 0.3) is 0 Å². The number of hydrogen-bond donors (Lipinski definition) is 1. The first-order valence-electron chi connectivity index (χ1n) is 6.14. The lowest BCUT2D eigenvalue weighted by atomic mass is 10.0. The molecule has 1 aromatic rings. The summed E-state index contributed by atoms with van der Waals surface area (Å²) >= 11 is 12.0. The van der Waals surface area contributed by atoms with Gasteiger partial charge in [0.05, 0.1) is 0 Å². The lowest BCUT2D eigenvalue weighted by molar-refractivity contribution is 0.385. The van der Waals surface area contributed by atoms with Gasteiger partial charge in [-0.2, -0.15) is 0 Å². The van der Waals surface area contributed by atoms with Gasteiger partial charge in [0.2, 0.25) is 0 Å². The van der Waals surface area contributed by atoms with Crippen molar-refractivity contribution in [2.24, 2.45) is 0 Å². The van der Waals surface area contributed by atoms with Gasteiger partial charge in [-0.15, -0.1) is 23.2 Å². The van der Waals surface area contributed by atoms with Crippen LogP contribution in [0.4, 0.5) is 0 Å². The van der Waals surface area contributed by atoms with Crippen LogP contribution in [0.2, 0.25) is 0 Å². The monoisotopic (exact) mass is 273 g/mol. The van der Waals surface area contributed by atoms with Gasteiger partial charge in [-0.25, -0.2) is 0 Å². The van der Waals surface area contributed by atoms with Gasteiger partial charge in [0.1, 0.15) is 0 Å². The number of aryl methyl sites for hydroxylation is 1. The average Bonchev–Trinajstić information content (AvgIpc) is 2.41. The number of alkyl halides is 2. The smallest absolute Gasteiger partial charge is 0.0453 e. The lowest BCUT2D eigenvalue weighted by Gasteiger charge is -2.29. The summed E-state index contributed by atoms with van der Waals surface area (Å²) in [6.07, 6.45) is 2.02. The van der Waals surface area contributed by atoms with E-state index in [0.29, 0.717) is 11.8 Å². The van der Waals surface area contributed by atoms with Crippen molar-refractivity contribution in [3.8, 4) is 0 Å². The van der Waals surface area contributed by atoms with Gasteiger partial charge < -0.3 is 5.32 Å². The molecule has 0 spiro atoms. The van der Waals surface area contributed by atoms with Crippen LogP contribution in [0.3, 0.4) is 0 Å². The van der Waals surface area contributed by atoms with Crippen LogP contribution in [-0.2, 0) is 13.0 Å². The van der Waals surface area contributed by atoms with Crippen LogP contribution in [-0.4, -0.2) is 17.3 Å². The summed E-state index contributed by atoms with van der Waals surface area (Å²) in [6, 6.07) is 8.67. The fraction of sp³-hybridized carbons (Fsp3) is 0.571. The number of benzene rings is 1. The standard InChI is InChI=1S/C14H21Cl2N/c1-3-12-5-7-13(8-6-12)9-17-14(4-2,10-15)11-16/h5-8,17H,3-4,9-11H2,1-2H3. The van der Waals surface area contributed by atoms with Crippen molar-refractivity contribution < 1.29 is 0 Å². The SMILES string of the molecule is CCc1ccc(CNC(CC)(CCl)CCl)cc1. The van der Waals surface area contributed by atoms with E-state index in [1.54, 1.807) is 0 Å². The maximum absolute atomic E-state index is 5.99. The molecule has 0 aliphatic carbocycles.